The summed E-state index contributed by atoms with van der Waals surface area (Å²) in [6.45, 7) is 2.15. The van der Waals surface area contributed by atoms with Gasteiger partial charge in [0.1, 0.15) is 0 Å². The third-order valence-corrected chi connectivity index (χ3v) is 5.43. The predicted molar refractivity (Wildman–Crippen MR) is 98.2 cm³/mol. The molecule has 6 heteroatoms. The Morgan fingerprint density at radius 1 is 1.12 bits per heavy atom. The normalized spacial score (nSPS) is 16.7. The second-order valence-electron chi connectivity index (χ2n) is 6.95. The van der Waals surface area contributed by atoms with Crippen molar-refractivity contribution in [2.24, 2.45) is 0 Å². The van der Waals surface area contributed by atoms with E-state index in [1.807, 2.05) is 25.1 Å². The monoisotopic (exact) mass is 346 g/mol. The molecule has 0 unspecified atom stereocenters. The van der Waals surface area contributed by atoms with Gasteiger partial charge in [-0.05, 0) is 18.4 Å². The molecule has 0 saturated heterocycles. The number of nitrogens with zero attached hydrogens (tertiary/aromatic N) is 4. The molecule has 130 valence electrons. The standard InChI is InChI=1S/C18H26N4OS/c1-21(2)17-19-16(20-24-17)13-22(12-15-8-4-3-5-9-15)14-18(23)10-6-7-11-18/h3-5,8-9,23H,6-7,10-14H2,1-2H3. The van der Waals surface area contributed by atoms with Crippen LogP contribution in [0.5, 0.6) is 0 Å². The van der Waals surface area contributed by atoms with Gasteiger partial charge in [-0.2, -0.15) is 4.37 Å². The van der Waals surface area contributed by atoms with Crippen LogP contribution in [-0.2, 0) is 13.1 Å². The molecule has 0 atom stereocenters. The van der Waals surface area contributed by atoms with Gasteiger partial charge in [0.05, 0.1) is 12.1 Å². The summed E-state index contributed by atoms with van der Waals surface area (Å²) in [5.74, 6) is 0.834. The lowest BCUT2D eigenvalue weighted by Gasteiger charge is -2.30. The molecular formula is C18H26N4OS. The van der Waals surface area contributed by atoms with Gasteiger partial charge in [-0.15, -0.1) is 0 Å². The van der Waals surface area contributed by atoms with Gasteiger partial charge < -0.3 is 10.0 Å². The molecule has 3 rings (SSSR count). The quantitative estimate of drug-likeness (QED) is 0.835. The first-order valence-electron chi connectivity index (χ1n) is 8.53. The molecule has 0 amide bonds. The molecule has 1 aliphatic rings. The maximum atomic E-state index is 10.8. The zero-order chi connectivity index (χ0) is 17.0. The van der Waals surface area contributed by atoms with Crippen molar-refractivity contribution in [1.29, 1.82) is 0 Å². The van der Waals surface area contributed by atoms with Crippen LogP contribution in [0.25, 0.3) is 0 Å². The SMILES string of the molecule is CN(C)c1nc(CN(Cc2ccccc2)CC2(O)CCCC2)ns1. The smallest absolute Gasteiger partial charge is 0.204 e. The molecule has 1 aliphatic carbocycles. The van der Waals surface area contributed by atoms with E-state index in [4.69, 9.17) is 0 Å². The minimum absolute atomic E-state index is 0.560. The van der Waals surface area contributed by atoms with Crippen molar-refractivity contribution in [1.82, 2.24) is 14.3 Å². The summed E-state index contributed by atoms with van der Waals surface area (Å²) < 4.78 is 4.48. The average Bonchev–Trinajstić information content (AvgIpc) is 3.18. The molecule has 1 N–H and O–H groups in total. The highest BCUT2D eigenvalue weighted by Crippen LogP contribution is 2.31. The number of hydrogen-bond acceptors (Lipinski definition) is 6. The summed E-state index contributed by atoms with van der Waals surface area (Å²) in [5.41, 5.74) is 0.692. The van der Waals surface area contributed by atoms with E-state index in [9.17, 15) is 5.11 Å². The van der Waals surface area contributed by atoms with Gasteiger partial charge in [0.25, 0.3) is 0 Å². The van der Waals surface area contributed by atoms with Gasteiger partial charge in [-0.1, -0.05) is 43.2 Å². The Morgan fingerprint density at radius 3 is 2.46 bits per heavy atom. The summed E-state index contributed by atoms with van der Waals surface area (Å²) in [6, 6.07) is 10.4. The average molecular weight is 347 g/mol. The van der Waals surface area contributed by atoms with Gasteiger partial charge >= 0.3 is 0 Å². The summed E-state index contributed by atoms with van der Waals surface area (Å²) in [6.07, 6.45) is 4.03. The van der Waals surface area contributed by atoms with Crippen LogP contribution < -0.4 is 4.90 Å². The molecule has 1 aromatic carbocycles. The molecular weight excluding hydrogens is 320 g/mol. The lowest BCUT2D eigenvalue weighted by Crippen LogP contribution is -2.40. The van der Waals surface area contributed by atoms with E-state index >= 15 is 0 Å². The van der Waals surface area contributed by atoms with Crippen molar-refractivity contribution in [3.63, 3.8) is 0 Å². The number of benzene rings is 1. The Kier molecular flexibility index (Phi) is 5.48. The first kappa shape index (κ1) is 17.3. The number of anilines is 1. The second-order valence-corrected chi connectivity index (χ2v) is 7.68. The van der Waals surface area contributed by atoms with Gasteiger partial charge in [-0.25, -0.2) is 4.98 Å². The number of rotatable bonds is 7. The fraction of sp³-hybridized carbons (Fsp3) is 0.556. The van der Waals surface area contributed by atoms with Gasteiger partial charge in [0.15, 0.2) is 5.82 Å². The van der Waals surface area contributed by atoms with E-state index in [0.29, 0.717) is 13.1 Å². The van der Waals surface area contributed by atoms with Crippen molar-refractivity contribution >= 4 is 16.7 Å². The Morgan fingerprint density at radius 2 is 1.83 bits per heavy atom. The minimum atomic E-state index is -0.560. The molecule has 0 bridgehead atoms. The van der Waals surface area contributed by atoms with Crippen LogP contribution in [0.3, 0.4) is 0 Å². The second kappa shape index (κ2) is 7.59. The first-order chi connectivity index (χ1) is 11.5. The van der Waals surface area contributed by atoms with E-state index < -0.39 is 5.60 Å². The third-order valence-electron chi connectivity index (χ3n) is 4.51. The van der Waals surface area contributed by atoms with E-state index in [2.05, 4.69) is 38.5 Å². The van der Waals surface area contributed by atoms with Crippen LogP contribution >= 0.6 is 11.5 Å². The van der Waals surface area contributed by atoms with Crippen LogP contribution in [0.1, 0.15) is 37.1 Å². The molecule has 1 saturated carbocycles. The van der Waals surface area contributed by atoms with Crippen molar-refractivity contribution in [2.45, 2.75) is 44.4 Å². The Labute approximate surface area is 148 Å². The molecule has 1 aromatic heterocycles. The van der Waals surface area contributed by atoms with Gasteiger partial charge in [-0.3, -0.25) is 4.90 Å². The third kappa shape index (κ3) is 4.53. The number of hydrogen-bond donors (Lipinski definition) is 1. The summed E-state index contributed by atoms with van der Waals surface area (Å²) >= 11 is 1.42. The Bertz CT molecular complexity index is 637. The van der Waals surface area contributed by atoms with E-state index in [1.165, 1.54) is 17.1 Å². The fourth-order valence-corrected chi connectivity index (χ4v) is 3.90. The Hall–Kier alpha value is -1.50. The molecule has 0 radical (unpaired) electrons. The van der Waals surface area contributed by atoms with Crippen LogP contribution in [0, 0.1) is 0 Å². The topological polar surface area (TPSA) is 52.5 Å². The van der Waals surface area contributed by atoms with Crippen molar-refractivity contribution in [2.75, 3.05) is 25.5 Å². The van der Waals surface area contributed by atoms with Crippen molar-refractivity contribution in [3.05, 3.63) is 41.7 Å². The Balaban J connectivity index is 1.72. The maximum Gasteiger partial charge on any atom is 0.204 e. The molecule has 2 aromatic rings. The van der Waals surface area contributed by atoms with Crippen LogP contribution in [-0.4, -0.2) is 45.6 Å². The minimum Gasteiger partial charge on any atom is -0.389 e. The lowest BCUT2D eigenvalue weighted by atomic mass is 10.0. The highest BCUT2D eigenvalue weighted by molar-refractivity contribution is 7.09. The number of aliphatic hydroxyl groups is 1. The largest absolute Gasteiger partial charge is 0.389 e. The zero-order valence-corrected chi connectivity index (χ0v) is 15.3. The highest BCUT2D eigenvalue weighted by Gasteiger charge is 2.33. The van der Waals surface area contributed by atoms with Crippen LogP contribution in [0.15, 0.2) is 30.3 Å². The van der Waals surface area contributed by atoms with Gasteiger partial charge in [0, 0.05) is 38.7 Å². The predicted octanol–water partition coefficient (Wildman–Crippen LogP) is 2.91. The van der Waals surface area contributed by atoms with E-state index in [-0.39, 0.29) is 0 Å². The lowest BCUT2D eigenvalue weighted by molar-refractivity contribution is 0.00395. The summed E-state index contributed by atoms with van der Waals surface area (Å²) in [4.78, 5) is 8.86. The molecule has 24 heavy (non-hydrogen) atoms. The van der Waals surface area contributed by atoms with E-state index in [1.54, 1.807) is 0 Å². The van der Waals surface area contributed by atoms with Crippen LogP contribution in [0.2, 0.25) is 0 Å². The maximum absolute atomic E-state index is 10.8. The molecule has 5 nitrogen and oxygen atoms in total. The van der Waals surface area contributed by atoms with Crippen molar-refractivity contribution in [3.8, 4) is 0 Å². The first-order valence-corrected chi connectivity index (χ1v) is 9.30. The van der Waals surface area contributed by atoms with E-state index in [0.717, 1.165) is 43.2 Å². The fourth-order valence-electron chi connectivity index (χ4n) is 3.31. The van der Waals surface area contributed by atoms with Crippen LogP contribution in [0.4, 0.5) is 5.13 Å². The summed E-state index contributed by atoms with van der Waals surface area (Å²) in [5, 5.41) is 11.7. The summed E-state index contributed by atoms with van der Waals surface area (Å²) in [7, 11) is 3.96. The van der Waals surface area contributed by atoms with Crippen molar-refractivity contribution < 1.29 is 5.11 Å². The highest BCUT2D eigenvalue weighted by atomic mass is 32.1. The zero-order valence-electron chi connectivity index (χ0n) is 14.5. The molecule has 0 spiro atoms. The molecule has 1 fully saturated rings. The molecule has 1 heterocycles. The number of aromatic nitrogens is 2. The van der Waals surface area contributed by atoms with Gasteiger partial charge in [0.2, 0.25) is 5.13 Å². The molecule has 0 aliphatic heterocycles.